The van der Waals surface area contributed by atoms with Gasteiger partial charge in [0.1, 0.15) is 0 Å². The Labute approximate surface area is 102 Å². The number of aromatic nitrogens is 3. The van der Waals surface area contributed by atoms with Crippen LogP contribution >= 0.6 is 0 Å². The van der Waals surface area contributed by atoms with E-state index in [0.29, 0.717) is 5.69 Å². The molecule has 17 heavy (non-hydrogen) atoms. The fourth-order valence-electron chi connectivity index (χ4n) is 1.76. The highest BCUT2D eigenvalue weighted by Gasteiger charge is 2.19. The first-order chi connectivity index (χ1) is 8.24. The summed E-state index contributed by atoms with van der Waals surface area (Å²) in [5.74, 6) is -0.393. The molecular formula is C12H21N3O2. The Balaban J connectivity index is 2.82. The van der Waals surface area contributed by atoms with E-state index in [1.165, 1.54) is 20.0 Å². The summed E-state index contributed by atoms with van der Waals surface area (Å²) in [4.78, 5) is 11.5. The zero-order valence-corrected chi connectivity index (χ0v) is 10.9. The summed E-state index contributed by atoms with van der Waals surface area (Å²) in [5, 5.41) is 7.96. The Bertz CT molecular complexity index is 361. The van der Waals surface area contributed by atoms with Gasteiger partial charge in [-0.25, -0.2) is 9.48 Å². The molecule has 0 fully saturated rings. The van der Waals surface area contributed by atoms with Crippen molar-refractivity contribution < 1.29 is 9.53 Å². The van der Waals surface area contributed by atoms with Crippen molar-refractivity contribution in [1.29, 1.82) is 0 Å². The average molecular weight is 239 g/mol. The number of ether oxygens (including phenoxy) is 1. The number of hydrogen-bond acceptors (Lipinski definition) is 4. The summed E-state index contributed by atoms with van der Waals surface area (Å²) in [6, 6.07) is 0. The number of unbranched alkanes of at least 4 members (excludes halogenated alkanes) is 2. The summed E-state index contributed by atoms with van der Waals surface area (Å²) >= 11 is 0. The minimum atomic E-state index is -0.393. The van der Waals surface area contributed by atoms with Crippen molar-refractivity contribution in [2.45, 2.75) is 52.5 Å². The molecule has 5 nitrogen and oxygen atoms in total. The molecule has 0 N–H and O–H groups in total. The second-order valence-electron chi connectivity index (χ2n) is 4.06. The number of hydrogen-bond donors (Lipinski definition) is 0. The maximum absolute atomic E-state index is 11.5. The number of esters is 1. The van der Waals surface area contributed by atoms with Crippen LogP contribution in [0.2, 0.25) is 0 Å². The Morgan fingerprint density at radius 1 is 1.29 bits per heavy atom. The molecule has 0 spiro atoms. The summed E-state index contributed by atoms with van der Waals surface area (Å²) in [5.41, 5.74) is 1.27. The van der Waals surface area contributed by atoms with Gasteiger partial charge in [0, 0.05) is 6.54 Å². The first-order valence-corrected chi connectivity index (χ1v) is 6.25. The van der Waals surface area contributed by atoms with E-state index in [9.17, 15) is 4.79 Å². The number of aryl methyl sites for hydroxylation is 1. The van der Waals surface area contributed by atoms with Gasteiger partial charge in [-0.3, -0.25) is 0 Å². The van der Waals surface area contributed by atoms with Crippen LogP contribution in [-0.4, -0.2) is 28.1 Å². The normalized spacial score (nSPS) is 10.5. The van der Waals surface area contributed by atoms with Crippen molar-refractivity contribution >= 4 is 5.97 Å². The molecule has 1 heterocycles. The van der Waals surface area contributed by atoms with Gasteiger partial charge in [0.25, 0.3) is 0 Å². The molecule has 0 amide bonds. The molecule has 0 radical (unpaired) electrons. The van der Waals surface area contributed by atoms with Crippen LogP contribution in [0.1, 0.15) is 55.7 Å². The molecule has 0 aliphatic heterocycles. The van der Waals surface area contributed by atoms with Gasteiger partial charge in [0.15, 0.2) is 5.69 Å². The molecule has 0 saturated carbocycles. The van der Waals surface area contributed by atoms with Crippen LogP contribution in [0.5, 0.6) is 0 Å². The lowest BCUT2D eigenvalue weighted by atomic mass is 10.2. The highest BCUT2D eigenvalue weighted by atomic mass is 16.5. The van der Waals surface area contributed by atoms with E-state index in [1.54, 1.807) is 0 Å². The molecule has 96 valence electrons. The lowest BCUT2D eigenvalue weighted by Gasteiger charge is -2.05. The van der Waals surface area contributed by atoms with E-state index in [1.807, 2.05) is 4.68 Å². The highest BCUT2D eigenvalue weighted by Crippen LogP contribution is 2.11. The summed E-state index contributed by atoms with van der Waals surface area (Å²) in [7, 11) is 1.37. The minimum absolute atomic E-state index is 0.367. The maximum atomic E-state index is 11.5. The number of carbonyl (C=O) groups is 1. The van der Waals surface area contributed by atoms with Crippen molar-refractivity contribution in [3.63, 3.8) is 0 Å². The predicted molar refractivity (Wildman–Crippen MR) is 64.9 cm³/mol. The standard InChI is InChI=1S/C12H21N3O2/c1-4-6-7-9-15-10(8-5-2)11(13-14-15)12(16)17-3/h4-9H2,1-3H3. The smallest absolute Gasteiger partial charge is 0.360 e. The zero-order valence-electron chi connectivity index (χ0n) is 10.9. The number of nitrogens with zero attached hydrogens (tertiary/aromatic N) is 3. The van der Waals surface area contributed by atoms with Crippen molar-refractivity contribution in [3.05, 3.63) is 11.4 Å². The predicted octanol–water partition coefficient (Wildman–Crippen LogP) is 2.21. The summed E-state index contributed by atoms with van der Waals surface area (Å²) in [6.07, 6.45) is 5.17. The first kappa shape index (κ1) is 13.7. The number of rotatable bonds is 7. The van der Waals surface area contributed by atoms with Gasteiger partial charge in [-0.05, 0) is 12.8 Å². The topological polar surface area (TPSA) is 57.0 Å². The van der Waals surface area contributed by atoms with Crippen LogP contribution < -0.4 is 0 Å². The van der Waals surface area contributed by atoms with Gasteiger partial charge in [0.2, 0.25) is 0 Å². The molecular weight excluding hydrogens is 218 g/mol. The second kappa shape index (κ2) is 7.04. The van der Waals surface area contributed by atoms with Gasteiger partial charge in [-0.15, -0.1) is 5.10 Å². The molecule has 0 saturated heterocycles. The van der Waals surface area contributed by atoms with E-state index < -0.39 is 5.97 Å². The molecule has 1 aromatic heterocycles. The van der Waals surface area contributed by atoms with E-state index in [0.717, 1.165) is 31.5 Å². The first-order valence-electron chi connectivity index (χ1n) is 6.25. The zero-order chi connectivity index (χ0) is 12.7. The number of carbonyl (C=O) groups excluding carboxylic acids is 1. The molecule has 0 atom stereocenters. The van der Waals surface area contributed by atoms with Crippen LogP contribution in [0.15, 0.2) is 0 Å². The lowest BCUT2D eigenvalue weighted by molar-refractivity contribution is 0.0592. The van der Waals surface area contributed by atoms with Gasteiger partial charge in [-0.2, -0.15) is 0 Å². The number of methoxy groups -OCH3 is 1. The van der Waals surface area contributed by atoms with Crippen LogP contribution in [0, 0.1) is 0 Å². The van der Waals surface area contributed by atoms with Crippen molar-refractivity contribution in [2.75, 3.05) is 7.11 Å². The van der Waals surface area contributed by atoms with Gasteiger partial charge in [0.05, 0.1) is 12.8 Å². The van der Waals surface area contributed by atoms with E-state index in [2.05, 4.69) is 24.2 Å². The third-order valence-corrected chi connectivity index (χ3v) is 2.68. The fourth-order valence-corrected chi connectivity index (χ4v) is 1.76. The molecule has 0 aliphatic rings. The third kappa shape index (κ3) is 3.54. The molecule has 5 heteroatoms. The Morgan fingerprint density at radius 3 is 2.65 bits per heavy atom. The average Bonchev–Trinajstić information content (AvgIpc) is 2.73. The van der Waals surface area contributed by atoms with Crippen molar-refractivity contribution in [3.8, 4) is 0 Å². The van der Waals surface area contributed by atoms with E-state index >= 15 is 0 Å². The highest BCUT2D eigenvalue weighted by molar-refractivity contribution is 5.88. The van der Waals surface area contributed by atoms with Crippen LogP contribution in [-0.2, 0) is 17.7 Å². The molecule has 1 rings (SSSR count). The largest absolute Gasteiger partial charge is 0.464 e. The summed E-state index contributed by atoms with van der Waals surface area (Å²) < 4.78 is 6.55. The van der Waals surface area contributed by atoms with E-state index in [-0.39, 0.29) is 0 Å². The Morgan fingerprint density at radius 2 is 2.06 bits per heavy atom. The van der Waals surface area contributed by atoms with Crippen molar-refractivity contribution in [2.24, 2.45) is 0 Å². The minimum Gasteiger partial charge on any atom is -0.464 e. The van der Waals surface area contributed by atoms with Gasteiger partial charge >= 0.3 is 5.97 Å². The van der Waals surface area contributed by atoms with Gasteiger partial charge in [-0.1, -0.05) is 38.3 Å². The maximum Gasteiger partial charge on any atom is 0.360 e. The molecule has 0 unspecified atom stereocenters. The third-order valence-electron chi connectivity index (χ3n) is 2.68. The molecule has 1 aromatic rings. The van der Waals surface area contributed by atoms with Crippen LogP contribution in [0.3, 0.4) is 0 Å². The SMILES string of the molecule is CCCCCn1nnc(C(=O)OC)c1CCC. The monoisotopic (exact) mass is 239 g/mol. The van der Waals surface area contributed by atoms with Crippen LogP contribution in [0.4, 0.5) is 0 Å². The summed E-state index contributed by atoms with van der Waals surface area (Å²) in [6.45, 7) is 5.06. The molecule has 0 aromatic carbocycles. The van der Waals surface area contributed by atoms with Crippen LogP contribution in [0.25, 0.3) is 0 Å². The fraction of sp³-hybridized carbons (Fsp3) is 0.750. The molecule has 0 aliphatic carbocycles. The molecule has 0 bridgehead atoms. The Hall–Kier alpha value is -1.39. The second-order valence-corrected chi connectivity index (χ2v) is 4.06. The van der Waals surface area contributed by atoms with E-state index in [4.69, 9.17) is 4.74 Å². The Kier molecular flexibility index (Phi) is 5.66. The quantitative estimate of drug-likeness (QED) is 0.540. The lowest BCUT2D eigenvalue weighted by Crippen LogP contribution is -2.10. The van der Waals surface area contributed by atoms with Crippen molar-refractivity contribution in [1.82, 2.24) is 15.0 Å². The van der Waals surface area contributed by atoms with Gasteiger partial charge < -0.3 is 4.74 Å².